The summed E-state index contributed by atoms with van der Waals surface area (Å²) in [6, 6.07) is 8.27. The molecule has 2 fully saturated rings. The minimum Gasteiger partial charge on any atom is -0.378 e. The normalized spacial score (nSPS) is 21.5. The van der Waals surface area contributed by atoms with E-state index in [1.807, 2.05) is 19.1 Å². The molecule has 130 valence electrons. The van der Waals surface area contributed by atoms with Crippen molar-refractivity contribution in [2.24, 2.45) is 0 Å². The van der Waals surface area contributed by atoms with Crippen molar-refractivity contribution in [3.63, 3.8) is 0 Å². The number of ether oxygens (including phenoxy) is 1. The largest absolute Gasteiger partial charge is 0.378 e. The van der Waals surface area contributed by atoms with Crippen LogP contribution in [-0.2, 0) is 20.7 Å². The van der Waals surface area contributed by atoms with Gasteiger partial charge in [0.25, 0.3) is 0 Å². The van der Waals surface area contributed by atoms with Crippen LogP contribution in [0.25, 0.3) is 0 Å². The molecular formula is C18H25N3O3. The predicted molar refractivity (Wildman–Crippen MR) is 92.0 cm³/mol. The molecule has 2 heterocycles. The first kappa shape index (κ1) is 16.8. The van der Waals surface area contributed by atoms with Gasteiger partial charge in [0, 0.05) is 37.8 Å². The van der Waals surface area contributed by atoms with Gasteiger partial charge in [-0.15, -0.1) is 0 Å². The van der Waals surface area contributed by atoms with Gasteiger partial charge in [0.15, 0.2) is 0 Å². The number of nitrogens with zero attached hydrogens (tertiary/aromatic N) is 2. The molecule has 0 saturated carbocycles. The maximum Gasteiger partial charge on any atom is 0.239 e. The summed E-state index contributed by atoms with van der Waals surface area (Å²) in [5, 5.41) is 2.84. The number of morpholine rings is 1. The van der Waals surface area contributed by atoms with Crippen LogP contribution < -0.4 is 10.2 Å². The highest BCUT2D eigenvalue weighted by Gasteiger charge is 2.25. The van der Waals surface area contributed by atoms with Crippen molar-refractivity contribution in [3.8, 4) is 0 Å². The number of anilines is 1. The lowest BCUT2D eigenvalue weighted by atomic mass is 10.1. The zero-order valence-corrected chi connectivity index (χ0v) is 14.2. The van der Waals surface area contributed by atoms with Crippen LogP contribution >= 0.6 is 0 Å². The van der Waals surface area contributed by atoms with E-state index >= 15 is 0 Å². The minimum absolute atomic E-state index is 0.0239. The SMILES string of the molecule is CC1CN(C(=O)CCc2ccccc2N2CCOCC2)CC(=O)N1. The van der Waals surface area contributed by atoms with Crippen molar-refractivity contribution in [2.45, 2.75) is 25.8 Å². The summed E-state index contributed by atoms with van der Waals surface area (Å²) in [7, 11) is 0. The fraction of sp³-hybridized carbons (Fsp3) is 0.556. The fourth-order valence-corrected chi connectivity index (χ4v) is 3.36. The van der Waals surface area contributed by atoms with Crippen LogP contribution in [0.3, 0.4) is 0 Å². The molecule has 0 spiro atoms. The van der Waals surface area contributed by atoms with Crippen molar-refractivity contribution in [3.05, 3.63) is 29.8 Å². The topological polar surface area (TPSA) is 61.9 Å². The third kappa shape index (κ3) is 4.06. The van der Waals surface area contributed by atoms with Gasteiger partial charge in [0.1, 0.15) is 0 Å². The van der Waals surface area contributed by atoms with Crippen molar-refractivity contribution < 1.29 is 14.3 Å². The molecule has 0 bridgehead atoms. The molecule has 3 rings (SSSR count). The summed E-state index contributed by atoms with van der Waals surface area (Å²) in [6.45, 7) is 5.95. The number of piperazine rings is 1. The molecule has 0 radical (unpaired) electrons. The van der Waals surface area contributed by atoms with Crippen LogP contribution in [-0.4, -0.2) is 62.1 Å². The number of aryl methyl sites for hydroxylation is 1. The Balaban J connectivity index is 1.62. The minimum atomic E-state index is -0.0733. The van der Waals surface area contributed by atoms with E-state index in [0.717, 1.165) is 26.3 Å². The molecule has 6 nitrogen and oxygen atoms in total. The van der Waals surface area contributed by atoms with E-state index in [1.165, 1.54) is 11.3 Å². The maximum atomic E-state index is 12.5. The van der Waals surface area contributed by atoms with Crippen LogP contribution in [0.15, 0.2) is 24.3 Å². The Morgan fingerprint density at radius 3 is 2.79 bits per heavy atom. The summed E-state index contributed by atoms with van der Waals surface area (Å²) in [5.41, 5.74) is 2.38. The van der Waals surface area contributed by atoms with E-state index in [1.54, 1.807) is 4.90 Å². The van der Waals surface area contributed by atoms with E-state index in [4.69, 9.17) is 4.74 Å². The summed E-state index contributed by atoms with van der Waals surface area (Å²) in [6.07, 6.45) is 1.13. The molecule has 1 unspecified atom stereocenters. The van der Waals surface area contributed by atoms with Gasteiger partial charge in [-0.3, -0.25) is 9.59 Å². The first-order chi connectivity index (χ1) is 11.6. The summed E-state index contributed by atoms with van der Waals surface area (Å²) in [5.74, 6) is -0.0238. The zero-order valence-electron chi connectivity index (χ0n) is 14.2. The van der Waals surface area contributed by atoms with E-state index in [0.29, 0.717) is 19.4 Å². The first-order valence-corrected chi connectivity index (χ1v) is 8.61. The van der Waals surface area contributed by atoms with Crippen molar-refractivity contribution in [1.82, 2.24) is 10.2 Å². The molecule has 1 aromatic carbocycles. The van der Waals surface area contributed by atoms with Gasteiger partial charge >= 0.3 is 0 Å². The third-order valence-electron chi connectivity index (χ3n) is 4.54. The number of hydrogen-bond acceptors (Lipinski definition) is 4. The second-order valence-electron chi connectivity index (χ2n) is 6.47. The zero-order chi connectivity index (χ0) is 16.9. The van der Waals surface area contributed by atoms with Crippen LogP contribution in [0.4, 0.5) is 5.69 Å². The van der Waals surface area contributed by atoms with E-state index in [9.17, 15) is 9.59 Å². The summed E-state index contributed by atoms with van der Waals surface area (Å²) >= 11 is 0. The highest BCUT2D eigenvalue weighted by Crippen LogP contribution is 2.23. The number of rotatable bonds is 4. The smallest absolute Gasteiger partial charge is 0.239 e. The second kappa shape index (κ2) is 7.66. The van der Waals surface area contributed by atoms with Gasteiger partial charge in [-0.05, 0) is 25.0 Å². The van der Waals surface area contributed by atoms with Gasteiger partial charge in [0.05, 0.1) is 19.8 Å². The van der Waals surface area contributed by atoms with E-state index < -0.39 is 0 Å². The van der Waals surface area contributed by atoms with Gasteiger partial charge < -0.3 is 19.9 Å². The van der Waals surface area contributed by atoms with Gasteiger partial charge in [-0.25, -0.2) is 0 Å². The highest BCUT2D eigenvalue weighted by molar-refractivity contribution is 5.86. The molecule has 6 heteroatoms. The molecule has 24 heavy (non-hydrogen) atoms. The molecule has 2 saturated heterocycles. The number of amides is 2. The molecule has 1 aromatic rings. The Bertz CT molecular complexity index is 599. The molecule has 2 aliphatic heterocycles. The average molecular weight is 331 g/mol. The summed E-state index contributed by atoms with van der Waals surface area (Å²) < 4.78 is 5.42. The molecular weight excluding hydrogens is 306 g/mol. The Morgan fingerprint density at radius 2 is 2.04 bits per heavy atom. The van der Waals surface area contributed by atoms with Gasteiger partial charge in [-0.2, -0.15) is 0 Å². The van der Waals surface area contributed by atoms with Gasteiger partial charge in [-0.1, -0.05) is 18.2 Å². The molecule has 1 N–H and O–H groups in total. The lowest BCUT2D eigenvalue weighted by molar-refractivity contribution is -0.139. The van der Waals surface area contributed by atoms with Gasteiger partial charge in [0.2, 0.25) is 11.8 Å². The Labute approximate surface area is 142 Å². The number of nitrogens with one attached hydrogen (secondary N) is 1. The molecule has 2 aliphatic rings. The monoisotopic (exact) mass is 331 g/mol. The number of carbonyl (C=O) groups excluding carboxylic acids is 2. The summed E-state index contributed by atoms with van der Waals surface area (Å²) in [4.78, 5) is 28.0. The number of benzene rings is 1. The number of carbonyl (C=O) groups is 2. The second-order valence-corrected chi connectivity index (χ2v) is 6.47. The standard InChI is InChI=1S/C18H25N3O3/c1-14-12-21(13-17(22)19-14)18(23)7-6-15-4-2-3-5-16(15)20-8-10-24-11-9-20/h2-5,14H,6-13H2,1H3,(H,19,22). The van der Waals surface area contributed by atoms with Crippen LogP contribution in [0.1, 0.15) is 18.9 Å². The van der Waals surface area contributed by atoms with Crippen LogP contribution in [0.2, 0.25) is 0 Å². The molecule has 1 atom stereocenters. The van der Waals surface area contributed by atoms with Crippen molar-refractivity contribution in [2.75, 3.05) is 44.3 Å². The molecule has 0 aromatic heterocycles. The Hall–Kier alpha value is -2.08. The van der Waals surface area contributed by atoms with E-state index in [-0.39, 0.29) is 24.4 Å². The Morgan fingerprint density at radius 1 is 1.29 bits per heavy atom. The lowest BCUT2D eigenvalue weighted by Crippen LogP contribution is -2.54. The number of hydrogen-bond donors (Lipinski definition) is 1. The van der Waals surface area contributed by atoms with Crippen molar-refractivity contribution in [1.29, 1.82) is 0 Å². The van der Waals surface area contributed by atoms with Crippen LogP contribution in [0, 0.1) is 0 Å². The fourth-order valence-electron chi connectivity index (χ4n) is 3.36. The Kier molecular flexibility index (Phi) is 5.35. The molecule has 2 amide bonds. The highest BCUT2D eigenvalue weighted by atomic mass is 16.5. The van der Waals surface area contributed by atoms with E-state index in [2.05, 4.69) is 22.3 Å². The predicted octanol–water partition coefficient (Wildman–Crippen LogP) is 0.803. The maximum absolute atomic E-state index is 12.5. The third-order valence-corrected chi connectivity index (χ3v) is 4.54. The lowest BCUT2D eigenvalue weighted by Gasteiger charge is -2.32. The molecule has 0 aliphatic carbocycles. The average Bonchev–Trinajstić information content (AvgIpc) is 2.60. The number of para-hydroxylation sites is 1. The van der Waals surface area contributed by atoms with Crippen LogP contribution in [0.5, 0.6) is 0 Å². The quantitative estimate of drug-likeness (QED) is 0.887. The van der Waals surface area contributed by atoms with Crippen molar-refractivity contribution >= 4 is 17.5 Å². The first-order valence-electron chi connectivity index (χ1n) is 8.61.